The first kappa shape index (κ1) is 13.2. The van der Waals surface area contributed by atoms with Crippen LogP contribution in [0.15, 0.2) is 46.2 Å². The molecule has 0 N–H and O–H groups in total. The molecule has 88 valence electrons. The van der Waals surface area contributed by atoms with E-state index in [1.165, 1.54) is 12.1 Å². The van der Waals surface area contributed by atoms with Crippen molar-refractivity contribution in [2.75, 3.05) is 0 Å². The molecule has 1 aromatic rings. The third-order valence-electron chi connectivity index (χ3n) is 2.25. The molecule has 17 heavy (non-hydrogen) atoms. The number of hydrogen-bond donors (Lipinski definition) is 0. The fraction of sp³-hybridized carbons (Fsp3) is 0.154. The van der Waals surface area contributed by atoms with Gasteiger partial charge < -0.3 is 0 Å². The highest BCUT2D eigenvalue weighted by Gasteiger charge is 2.21. The molecule has 1 aromatic carbocycles. The molecule has 0 saturated heterocycles. The number of nitriles is 1. The van der Waals surface area contributed by atoms with E-state index in [1.54, 1.807) is 38.1 Å². The molecule has 0 aromatic heterocycles. The number of benzene rings is 1. The van der Waals surface area contributed by atoms with Gasteiger partial charge in [-0.2, -0.15) is 5.26 Å². The van der Waals surface area contributed by atoms with Crippen molar-refractivity contribution in [1.82, 2.24) is 0 Å². The molecule has 0 atom stereocenters. The summed E-state index contributed by atoms with van der Waals surface area (Å²) in [6, 6.07) is 8.00. The van der Waals surface area contributed by atoms with Crippen LogP contribution in [0.25, 0.3) is 6.08 Å². The van der Waals surface area contributed by atoms with Gasteiger partial charge in [-0.25, -0.2) is 8.42 Å². The van der Waals surface area contributed by atoms with E-state index in [4.69, 9.17) is 5.26 Å². The normalized spacial score (nSPS) is 10.4. The van der Waals surface area contributed by atoms with Gasteiger partial charge >= 0.3 is 0 Å². The van der Waals surface area contributed by atoms with Crippen LogP contribution >= 0.6 is 0 Å². The number of rotatable bonds is 3. The molecular formula is C13H13NO2S. The molecular weight excluding hydrogens is 234 g/mol. The van der Waals surface area contributed by atoms with Crippen molar-refractivity contribution < 1.29 is 8.42 Å². The van der Waals surface area contributed by atoms with Crippen molar-refractivity contribution in [3.8, 4) is 6.07 Å². The van der Waals surface area contributed by atoms with Crippen LogP contribution in [0.2, 0.25) is 0 Å². The van der Waals surface area contributed by atoms with E-state index in [2.05, 4.69) is 6.58 Å². The van der Waals surface area contributed by atoms with Gasteiger partial charge in [0.25, 0.3) is 0 Å². The molecule has 4 heteroatoms. The average Bonchev–Trinajstić information content (AvgIpc) is 2.29. The highest BCUT2D eigenvalue weighted by molar-refractivity contribution is 7.95. The standard InChI is InChI=1S/C13H13NO2S/c1-4-11-5-7-12(8-6-11)17(15,16)13(9-14)10(2)3/h4-8H,1H2,2-3H3. The van der Waals surface area contributed by atoms with Crippen molar-refractivity contribution in [1.29, 1.82) is 5.26 Å². The predicted molar refractivity (Wildman–Crippen MR) is 67.7 cm³/mol. The minimum absolute atomic E-state index is 0.126. The second kappa shape index (κ2) is 4.98. The van der Waals surface area contributed by atoms with E-state index in [-0.39, 0.29) is 9.80 Å². The van der Waals surface area contributed by atoms with Gasteiger partial charge in [-0.05, 0) is 37.1 Å². The summed E-state index contributed by atoms with van der Waals surface area (Å²) in [7, 11) is -3.69. The topological polar surface area (TPSA) is 57.9 Å². The Morgan fingerprint density at radius 2 is 1.82 bits per heavy atom. The summed E-state index contributed by atoms with van der Waals surface area (Å²) >= 11 is 0. The van der Waals surface area contributed by atoms with Gasteiger partial charge in [0.05, 0.1) is 4.90 Å². The first-order valence-electron chi connectivity index (χ1n) is 4.98. The van der Waals surface area contributed by atoms with Gasteiger partial charge in [0.1, 0.15) is 11.0 Å². The van der Waals surface area contributed by atoms with E-state index in [1.807, 2.05) is 0 Å². The Morgan fingerprint density at radius 3 is 2.18 bits per heavy atom. The molecule has 0 aliphatic carbocycles. The highest BCUT2D eigenvalue weighted by Crippen LogP contribution is 2.21. The van der Waals surface area contributed by atoms with Gasteiger partial charge in [0.2, 0.25) is 9.84 Å². The van der Waals surface area contributed by atoms with E-state index in [0.717, 1.165) is 5.56 Å². The number of hydrogen-bond acceptors (Lipinski definition) is 3. The molecule has 0 fully saturated rings. The summed E-state index contributed by atoms with van der Waals surface area (Å²) in [6.45, 7) is 6.80. The van der Waals surface area contributed by atoms with E-state index < -0.39 is 9.84 Å². The second-order valence-electron chi connectivity index (χ2n) is 3.72. The molecule has 0 heterocycles. The van der Waals surface area contributed by atoms with Crippen LogP contribution in [0.5, 0.6) is 0 Å². The predicted octanol–water partition coefficient (Wildman–Crippen LogP) is 2.92. The largest absolute Gasteiger partial charge is 0.218 e. The highest BCUT2D eigenvalue weighted by atomic mass is 32.2. The third kappa shape index (κ3) is 2.63. The van der Waals surface area contributed by atoms with Crippen LogP contribution < -0.4 is 0 Å². The Hall–Kier alpha value is -1.86. The summed E-state index contributed by atoms with van der Waals surface area (Å²) < 4.78 is 24.2. The zero-order chi connectivity index (χ0) is 13.1. The lowest BCUT2D eigenvalue weighted by Crippen LogP contribution is -2.05. The fourth-order valence-electron chi connectivity index (χ4n) is 1.34. The molecule has 0 saturated carbocycles. The summed E-state index contributed by atoms with van der Waals surface area (Å²) in [4.78, 5) is -0.0651. The van der Waals surface area contributed by atoms with Crippen LogP contribution in [0, 0.1) is 11.3 Å². The minimum Gasteiger partial charge on any atom is -0.218 e. The van der Waals surface area contributed by atoms with Crippen LogP contribution in [0.3, 0.4) is 0 Å². The maximum Gasteiger partial charge on any atom is 0.216 e. The molecule has 0 unspecified atom stereocenters. The smallest absolute Gasteiger partial charge is 0.216 e. The Kier molecular flexibility index (Phi) is 3.87. The second-order valence-corrected chi connectivity index (χ2v) is 5.60. The van der Waals surface area contributed by atoms with Crippen molar-refractivity contribution in [3.63, 3.8) is 0 Å². The zero-order valence-corrected chi connectivity index (χ0v) is 10.6. The minimum atomic E-state index is -3.69. The lowest BCUT2D eigenvalue weighted by Gasteiger charge is -2.04. The number of sulfone groups is 1. The van der Waals surface area contributed by atoms with Crippen molar-refractivity contribution in [3.05, 3.63) is 46.9 Å². The lowest BCUT2D eigenvalue weighted by molar-refractivity contribution is 0.603. The maximum absolute atomic E-state index is 12.1. The van der Waals surface area contributed by atoms with Crippen molar-refractivity contribution in [2.24, 2.45) is 0 Å². The van der Waals surface area contributed by atoms with E-state index in [0.29, 0.717) is 5.57 Å². The van der Waals surface area contributed by atoms with E-state index in [9.17, 15) is 8.42 Å². The molecule has 0 radical (unpaired) electrons. The van der Waals surface area contributed by atoms with Crippen molar-refractivity contribution in [2.45, 2.75) is 18.7 Å². The Labute approximate surface area is 102 Å². The van der Waals surface area contributed by atoms with Crippen LogP contribution in [0.4, 0.5) is 0 Å². The molecule has 0 aliphatic heterocycles. The van der Waals surface area contributed by atoms with E-state index >= 15 is 0 Å². The quantitative estimate of drug-likeness (QED) is 0.772. The molecule has 0 amide bonds. The summed E-state index contributed by atoms with van der Waals surface area (Å²) in [5.41, 5.74) is 1.32. The van der Waals surface area contributed by atoms with Gasteiger partial charge in [-0.1, -0.05) is 24.8 Å². The first-order chi connectivity index (χ1) is 7.93. The number of allylic oxidation sites excluding steroid dienone is 2. The summed E-state index contributed by atoms with van der Waals surface area (Å²) in [6.07, 6.45) is 1.63. The molecule has 0 bridgehead atoms. The van der Waals surface area contributed by atoms with Crippen molar-refractivity contribution >= 4 is 15.9 Å². The Bertz CT molecular complexity index is 598. The first-order valence-corrected chi connectivity index (χ1v) is 6.47. The third-order valence-corrected chi connectivity index (χ3v) is 4.18. The maximum atomic E-state index is 12.1. The van der Waals surface area contributed by atoms with Crippen LogP contribution in [-0.4, -0.2) is 8.42 Å². The zero-order valence-electron chi connectivity index (χ0n) is 9.77. The Morgan fingerprint density at radius 1 is 1.29 bits per heavy atom. The van der Waals surface area contributed by atoms with Crippen LogP contribution in [-0.2, 0) is 9.84 Å². The monoisotopic (exact) mass is 247 g/mol. The van der Waals surface area contributed by atoms with Gasteiger partial charge in [-0.3, -0.25) is 0 Å². The molecule has 1 rings (SSSR count). The molecule has 0 spiro atoms. The van der Waals surface area contributed by atoms with Gasteiger partial charge in [0.15, 0.2) is 0 Å². The molecule has 3 nitrogen and oxygen atoms in total. The van der Waals surface area contributed by atoms with Crippen LogP contribution in [0.1, 0.15) is 19.4 Å². The van der Waals surface area contributed by atoms with Gasteiger partial charge in [-0.15, -0.1) is 0 Å². The van der Waals surface area contributed by atoms with Gasteiger partial charge in [0, 0.05) is 0 Å². The lowest BCUT2D eigenvalue weighted by atomic mass is 10.2. The number of nitrogens with zero attached hydrogens (tertiary/aromatic N) is 1. The SMILES string of the molecule is C=Cc1ccc(S(=O)(=O)C(C#N)=C(C)C)cc1. The summed E-state index contributed by atoms with van der Waals surface area (Å²) in [5.74, 6) is 0. The Balaban J connectivity index is 3.38. The fourth-order valence-corrected chi connectivity index (χ4v) is 2.73. The molecule has 0 aliphatic rings. The average molecular weight is 247 g/mol. The summed E-state index contributed by atoms with van der Waals surface area (Å²) in [5, 5.41) is 8.89.